The molecule has 2 atom stereocenters. The summed E-state index contributed by atoms with van der Waals surface area (Å²) in [5, 5.41) is 10.4. The summed E-state index contributed by atoms with van der Waals surface area (Å²) in [4.78, 5) is 17.2. The van der Waals surface area contributed by atoms with E-state index in [-0.39, 0.29) is 30.3 Å². The van der Waals surface area contributed by atoms with Crippen molar-refractivity contribution in [2.24, 2.45) is 0 Å². The van der Waals surface area contributed by atoms with Gasteiger partial charge in [-0.1, -0.05) is 6.07 Å². The molecule has 0 aliphatic carbocycles. The highest BCUT2D eigenvalue weighted by Gasteiger charge is 2.29. The topological polar surface area (TPSA) is 71.3 Å². The highest BCUT2D eigenvalue weighted by Crippen LogP contribution is 2.27. The normalized spacial score (nSPS) is 19.2. The lowest BCUT2D eigenvalue weighted by Gasteiger charge is -2.33. The van der Waals surface area contributed by atoms with E-state index in [4.69, 9.17) is 0 Å². The molecule has 0 saturated carbocycles. The SMILES string of the molecule is Cc1ccn2ncc(C(=O)NC3CNCCC3c3ccc(F)c(F)c3)c2n1.Cl. The maximum Gasteiger partial charge on any atom is 0.257 e. The van der Waals surface area contributed by atoms with E-state index >= 15 is 0 Å². The van der Waals surface area contributed by atoms with Crippen molar-refractivity contribution in [1.29, 1.82) is 0 Å². The Kier molecular flexibility index (Phi) is 5.90. The second-order valence-electron chi connectivity index (χ2n) is 6.75. The van der Waals surface area contributed by atoms with E-state index in [0.717, 1.165) is 18.3 Å². The van der Waals surface area contributed by atoms with Crippen LogP contribution in [0.25, 0.3) is 5.65 Å². The Morgan fingerprint density at radius 2 is 2.11 bits per heavy atom. The number of aryl methyl sites for hydroxylation is 1. The molecule has 9 heteroatoms. The zero-order chi connectivity index (χ0) is 19.0. The molecule has 1 aliphatic rings. The minimum absolute atomic E-state index is 0. The van der Waals surface area contributed by atoms with Gasteiger partial charge in [0.1, 0.15) is 5.56 Å². The number of aromatic nitrogens is 3. The molecule has 6 nitrogen and oxygen atoms in total. The molecule has 2 unspecified atom stereocenters. The van der Waals surface area contributed by atoms with Crippen molar-refractivity contribution in [1.82, 2.24) is 25.2 Å². The largest absolute Gasteiger partial charge is 0.347 e. The summed E-state index contributed by atoms with van der Waals surface area (Å²) in [7, 11) is 0. The third kappa shape index (κ3) is 3.83. The molecule has 1 amide bonds. The molecule has 28 heavy (non-hydrogen) atoms. The van der Waals surface area contributed by atoms with Crippen LogP contribution < -0.4 is 10.6 Å². The van der Waals surface area contributed by atoms with Gasteiger partial charge in [-0.2, -0.15) is 5.10 Å². The van der Waals surface area contributed by atoms with E-state index in [1.54, 1.807) is 16.8 Å². The first-order chi connectivity index (χ1) is 13.0. The minimum Gasteiger partial charge on any atom is -0.347 e. The van der Waals surface area contributed by atoms with Gasteiger partial charge in [0.05, 0.1) is 6.20 Å². The quantitative estimate of drug-likeness (QED) is 0.700. The van der Waals surface area contributed by atoms with Crippen LogP contribution in [0.5, 0.6) is 0 Å². The number of benzene rings is 1. The Hall–Kier alpha value is -2.58. The van der Waals surface area contributed by atoms with Crippen molar-refractivity contribution in [3.05, 3.63) is 65.1 Å². The second kappa shape index (κ2) is 8.20. The molecule has 148 valence electrons. The lowest BCUT2D eigenvalue weighted by molar-refractivity contribution is 0.0926. The first-order valence-electron chi connectivity index (χ1n) is 8.80. The molecule has 0 spiro atoms. The van der Waals surface area contributed by atoms with Gasteiger partial charge in [0.15, 0.2) is 17.3 Å². The molecule has 1 fully saturated rings. The summed E-state index contributed by atoms with van der Waals surface area (Å²) in [6, 6.07) is 5.48. The van der Waals surface area contributed by atoms with Crippen LogP contribution in [0.15, 0.2) is 36.7 Å². The molecule has 0 radical (unpaired) electrons. The number of hydrogen-bond acceptors (Lipinski definition) is 4. The summed E-state index contributed by atoms with van der Waals surface area (Å²) in [5.41, 5.74) is 2.33. The summed E-state index contributed by atoms with van der Waals surface area (Å²) in [6.07, 6.45) is 3.95. The fourth-order valence-electron chi connectivity index (χ4n) is 3.52. The van der Waals surface area contributed by atoms with Crippen molar-refractivity contribution in [3.63, 3.8) is 0 Å². The lowest BCUT2D eigenvalue weighted by Crippen LogP contribution is -2.50. The van der Waals surface area contributed by atoms with Crippen molar-refractivity contribution >= 4 is 24.0 Å². The molecule has 3 aromatic rings. The van der Waals surface area contributed by atoms with Gasteiger partial charge < -0.3 is 10.6 Å². The lowest BCUT2D eigenvalue weighted by atomic mass is 9.86. The number of nitrogens with zero attached hydrogens (tertiary/aromatic N) is 3. The summed E-state index contributed by atoms with van der Waals surface area (Å²) < 4.78 is 28.5. The maximum absolute atomic E-state index is 13.7. The number of nitrogens with one attached hydrogen (secondary N) is 2. The van der Waals surface area contributed by atoms with Gasteiger partial charge in [-0.05, 0) is 43.7 Å². The van der Waals surface area contributed by atoms with Gasteiger partial charge in [0.25, 0.3) is 5.91 Å². The van der Waals surface area contributed by atoms with E-state index in [2.05, 4.69) is 20.7 Å². The molecular formula is C19H20ClF2N5O. The predicted molar refractivity (Wildman–Crippen MR) is 103 cm³/mol. The van der Waals surface area contributed by atoms with E-state index in [1.807, 2.05) is 13.0 Å². The van der Waals surface area contributed by atoms with Crippen molar-refractivity contribution in [2.45, 2.75) is 25.3 Å². The highest BCUT2D eigenvalue weighted by atomic mass is 35.5. The summed E-state index contributed by atoms with van der Waals surface area (Å²) >= 11 is 0. The fourth-order valence-corrected chi connectivity index (χ4v) is 3.52. The average molecular weight is 408 g/mol. The van der Waals surface area contributed by atoms with Crippen LogP contribution in [0.3, 0.4) is 0 Å². The van der Waals surface area contributed by atoms with Gasteiger partial charge in [0.2, 0.25) is 0 Å². The number of amides is 1. The van der Waals surface area contributed by atoms with Crippen molar-refractivity contribution in [2.75, 3.05) is 13.1 Å². The molecule has 1 saturated heterocycles. The van der Waals surface area contributed by atoms with Crippen LogP contribution in [0.4, 0.5) is 8.78 Å². The predicted octanol–water partition coefficient (Wildman–Crippen LogP) is 2.61. The van der Waals surface area contributed by atoms with Gasteiger partial charge in [0, 0.05) is 30.4 Å². The Morgan fingerprint density at radius 1 is 1.29 bits per heavy atom. The molecule has 0 bridgehead atoms. The van der Waals surface area contributed by atoms with Crippen LogP contribution in [0, 0.1) is 18.6 Å². The van der Waals surface area contributed by atoms with Crippen LogP contribution >= 0.6 is 12.4 Å². The number of hydrogen-bond donors (Lipinski definition) is 2. The molecule has 4 rings (SSSR count). The number of rotatable bonds is 3. The molecule has 2 aromatic heterocycles. The molecule has 2 N–H and O–H groups in total. The molecule has 1 aliphatic heterocycles. The van der Waals surface area contributed by atoms with Crippen LogP contribution in [-0.2, 0) is 0 Å². The first-order valence-corrected chi connectivity index (χ1v) is 8.80. The number of piperidine rings is 1. The zero-order valence-corrected chi connectivity index (χ0v) is 16.0. The third-order valence-electron chi connectivity index (χ3n) is 4.92. The Bertz CT molecular complexity index is 1010. The van der Waals surface area contributed by atoms with Crippen LogP contribution in [0.1, 0.15) is 34.0 Å². The van der Waals surface area contributed by atoms with Crippen LogP contribution in [-0.4, -0.2) is 39.6 Å². The number of halogens is 3. The van der Waals surface area contributed by atoms with Gasteiger partial charge in [-0.3, -0.25) is 4.79 Å². The van der Waals surface area contributed by atoms with Gasteiger partial charge >= 0.3 is 0 Å². The number of carbonyl (C=O) groups excluding carboxylic acids is 1. The maximum atomic E-state index is 13.7. The Balaban J connectivity index is 0.00000225. The zero-order valence-electron chi connectivity index (χ0n) is 15.2. The average Bonchev–Trinajstić information content (AvgIpc) is 3.07. The first kappa shape index (κ1) is 20.2. The van der Waals surface area contributed by atoms with E-state index in [0.29, 0.717) is 29.7 Å². The van der Waals surface area contributed by atoms with Gasteiger partial charge in [-0.15, -0.1) is 12.4 Å². The Morgan fingerprint density at radius 3 is 2.89 bits per heavy atom. The molecular weight excluding hydrogens is 388 g/mol. The second-order valence-corrected chi connectivity index (χ2v) is 6.75. The van der Waals surface area contributed by atoms with Crippen LogP contribution in [0.2, 0.25) is 0 Å². The smallest absolute Gasteiger partial charge is 0.257 e. The summed E-state index contributed by atoms with van der Waals surface area (Å²) in [5.74, 6) is -2.15. The van der Waals surface area contributed by atoms with E-state index in [9.17, 15) is 13.6 Å². The number of fused-ring (bicyclic) bond motifs is 1. The van der Waals surface area contributed by atoms with E-state index < -0.39 is 11.6 Å². The minimum atomic E-state index is -0.876. The van der Waals surface area contributed by atoms with E-state index in [1.165, 1.54) is 12.3 Å². The monoisotopic (exact) mass is 407 g/mol. The van der Waals surface area contributed by atoms with Crippen molar-refractivity contribution < 1.29 is 13.6 Å². The van der Waals surface area contributed by atoms with Gasteiger partial charge in [-0.25, -0.2) is 18.3 Å². The Labute approximate surface area is 166 Å². The standard InChI is InChI=1S/C19H19F2N5O.ClH/c1-11-5-7-26-18(24-11)14(9-23-26)19(27)25-17-10-22-6-4-13(17)12-2-3-15(20)16(21)8-12;/h2-3,5,7-9,13,17,22H,4,6,10H2,1H3,(H,25,27);1H. The fraction of sp³-hybridized carbons (Fsp3) is 0.316. The number of carbonyl (C=O) groups is 1. The third-order valence-corrected chi connectivity index (χ3v) is 4.92. The van der Waals surface area contributed by atoms with Crippen molar-refractivity contribution in [3.8, 4) is 0 Å². The molecule has 1 aromatic carbocycles. The molecule has 3 heterocycles. The highest BCUT2D eigenvalue weighted by molar-refractivity contribution is 5.99. The summed E-state index contributed by atoms with van der Waals surface area (Å²) in [6.45, 7) is 3.13.